The third kappa shape index (κ3) is 28.4. The van der Waals surface area contributed by atoms with Crippen molar-refractivity contribution in [2.45, 2.75) is 208 Å². The number of carbonyl (C=O) groups excluding carboxylic acids is 3. The van der Waals surface area contributed by atoms with Gasteiger partial charge in [-0.25, -0.2) is 15.0 Å². The summed E-state index contributed by atoms with van der Waals surface area (Å²) >= 11 is 0. The molecule has 3 heterocycles. The average Bonchev–Trinajstić information content (AvgIpc) is 1.58. The van der Waals surface area contributed by atoms with E-state index in [1.165, 1.54) is 83.5 Å². The van der Waals surface area contributed by atoms with Crippen molar-refractivity contribution in [1.82, 2.24) is 29.9 Å². The molecule has 0 bridgehead atoms. The summed E-state index contributed by atoms with van der Waals surface area (Å²) < 4.78 is 35.2. The molecule has 0 aliphatic heterocycles. The molecule has 3 saturated carbocycles. The molecule has 0 amide bonds. The number of benzene rings is 10. The van der Waals surface area contributed by atoms with E-state index in [0.717, 1.165) is 161 Å². The quantitative estimate of drug-likeness (QED) is 0.0358. The molecule has 0 unspecified atom stereocenters. The summed E-state index contributed by atoms with van der Waals surface area (Å²) in [5.41, 5.74) is 18.2. The van der Waals surface area contributed by atoms with Gasteiger partial charge in [-0.3, -0.25) is 29.3 Å². The Morgan fingerprint density at radius 1 is 0.264 bits per heavy atom. The Hall–Kier alpha value is -12.8. The van der Waals surface area contributed by atoms with Crippen molar-refractivity contribution >= 4 is 17.3 Å². The largest absolute Gasteiger partial charge is 0.491 e. The van der Waals surface area contributed by atoms with Crippen LogP contribution in [0.25, 0.3) is 33.8 Å². The Kier molecular flexibility index (Phi) is 32.7. The molecular weight excluding hydrogens is 1550 g/mol. The van der Waals surface area contributed by atoms with Crippen LogP contribution in [0.5, 0.6) is 34.5 Å². The van der Waals surface area contributed by atoms with E-state index < -0.39 is 0 Å². The SMILES string of the molecule is CC(C)Oc1ccc(CC(=O)Cc2ncc(-c3ccc(OC(C)C)cc3)nc2CC2CCCC2)cc1.O=C(Cc1ccc(OCc2ccccc2)cc1)Cc1ncc(-c2ccc(OCc3ccccc3)cc2)nc1CC1CCCC1.O=C(Cc1ccc(OCc2ccccc2)cc1)Cc1ncc(-c2ccc(OCc3ccccc3)cc2)nc1CC1CCCCC1. The Morgan fingerprint density at radius 3 is 0.752 bits per heavy atom. The number of aromatic nitrogens is 6. The van der Waals surface area contributed by atoms with E-state index >= 15 is 0 Å². The molecule has 640 valence electrons. The predicted molar refractivity (Wildman–Crippen MR) is 495 cm³/mol. The van der Waals surface area contributed by atoms with Crippen LogP contribution < -0.4 is 28.4 Å². The van der Waals surface area contributed by atoms with Gasteiger partial charge in [-0.15, -0.1) is 0 Å². The molecule has 0 spiro atoms. The maximum Gasteiger partial charge on any atom is 0.143 e. The first-order valence-electron chi connectivity index (χ1n) is 44.9. The van der Waals surface area contributed by atoms with Crippen LogP contribution in [-0.4, -0.2) is 59.5 Å². The Labute approximate surface area is 737 Å². The van der Waals surface area contributed by atoms with Gasteiger partial charge in [0, 0.05) is 36.0 Å². The van der Waals surface area contributed by atoms with Crippen molar-refractivity contribution in [2.75, 3.05) is 0 Å². The van der Waals surface area contributed by atoms with Gasteiger partial charge >= 0.3 is 0 Å². The van der Waals surface area contributed by atoms with Crippen LogP contribution in [0, 0.1) is 17.8 Å². The van der Waals surface area contributed by atoms with Crippen LogP contribution in [0.2, 0.25) is 0 Å². The van der Waals surface area contributed by atoms with E-state index in [2.05, 4.69) is 24.3 Å². The van der Waals surface area contributed by atoms with Gasteiger partial charge in [0.25, 0.3) is 0 Å². The summed E-state index contributed by atoms with van der Waals surface area (Å²) in [4.78, 5) is 69.1. The molecule has 15 heteroatoms. The standard InChI is InChI=1S/C40H40N2O3.C39H38N2O3.C31H38N2O3/c43-35(24-31-16-20-36(21-17-31)44-28-32-12-6-2-7-13-32)26-38-39(25-30-10-4-1-5-11-30)42-40(27-41-38)34-18-22-37(23-19-34)45-29-33-14-8-3-9-15-33;42-34(23-30-15-19-35(20-16-30)43-27-31-11-3-1-4-12-31)25-37-38(24-29-9-7-8-10-29)41-39(26-40-37)33-17-21-36(22-18-33)44-28-32-13-5-2-6-14-32;1-21(2)35-27-13-9-24(10-14-27)17-26(34)19-29-30(18-23-7-5-6-8-23)33-31(20-32-29)25-11-15-28(16-12-25)36-22(3)4/h2-3,6-9,12-23,27,30H,1,4-5,10-11,24-26,28-29H2;1-6,11-22,26,29H,7-10,23-25,27-28H2;9-16,20-23H,5-8,17-19H2,1-4H3. The fraction of sp³-hybridized carbons (Fsp3) is 0.318. The second-order valence-electron chi connectivity index (χ2n) is 34.0. The normalized spacial score (nSPS) is 13.4. The fourth-order valence-electron chi connectivity index (χ4n) is 16.5. The highest BCUT2D eigenvalue weighted by Gasteiger charge is 2.25. The van der Waals surface area contributed by atoms with Gasteiger partial charge in [-0.05, 0) is 213 Å². The molecule has 13 aromatic rings. The summed E-state index contributed by atoms with van der Waals surface area (Å²) in [6.45, 7) is 10.1. The second-order valence-corrected chi connectivity index (χ2v) is 34.0. The molecule has 3 aliphatic carbocycles. The number of rotatable bonds is 37. The van der Waals surface area contributed by atoms with Crippen molar-refractivity contribution < 1.29 is 42.8 Å². The smallest absolute Gasteiger partial charge is 0.143 e. The van der Waals surface area contributed by atoms with E-state index in [9.17, 15) is 14.4 Å². The topological polar surface area (TPSA) is 184 Å². The first-order chi connectivity index (χ1) is 61.2. The molecule has 16 rings (SSSR count). The first-order valence-corrected chi connectivity index (χ1v) is 44.9. The van der Waals surface area contributed by atoms with Gasteiger partial charge in [0.1, 0.15) is 78.3 Å². The summed E-state index contributed by atoms with van der Waals surface area (Å²) in [6.07, 6.45) is 26.5. The van der Waals surface area contributed by atoms with Crippen molar-refractivity contribution in [3.63, 3.8) is 0 Å². The van der Waals surface area contributed by atoms with E-state index in [0.29, 0.717) is 69.9 Å². The lowest BCUT2D eigenvalue weighted by Gasteiger charge is -2.22. The number of hydrogen-bond donors (Lipinski definition) is 0. The zero-order chi connectivity index (χ0) is 86.2. The van der Waals surface area contributed by atoms with Gasteiger partial charge in [-0.2, -0.15) is 0 Å². The molecule has 3 aromatic heterocycles. The van der Waals surface area contributed by atoms with Crippen molar-refractivity contribution in [1.29, 1.82) is 0 Å². The van der Waals surface area contributed by atoms with Gasteiger partial charge in [0.15, 0.2) is 0 Å². The highest BCUT2D eigenvalue weighted by molar-refractivity contribution is 5.84. The van der Waals surface area contributed by atoms with Crippen molar-refractivity contribution in [3.8, 4) is 68.3 Å². The lowest BCUT2D eigenvalue weighted by Crippen LogP contribution is -2.16. The third-order valence-corrected chi connectivity index (χ3v) is 23.2. The molecule has 15 nitrogen and oxygen atoms in total. The number of ether oxygens (including phenoxy) is 6. The summed E-state index contributed by atoms with van der Waals surface area (Å²) in [7, 11) is 0. The number of ketones is 3. The van der Waals surface area contributed by atoms with Crippen molar-refractivity contribution in [3.05, 3.63) is 359 Å². The highest BCUT2D eigenvalue weighted by Crippen LogP contribution is 2.35. The van der Waals surface area contributed by atoms with Gasteiger partial charge in [0.2, 0.25) is 0 Å². The predicted octanol–water partition coefficient (Wildman–Crippen LogP) is 24.0. The minimum absolute atomic E-state index is 0.128. The minimum atomic E-state index is 0.128. The molecule has 125 heavy (non-hydrogen) atoms. The average molecular weight is 1670 g/mol. The highest BCUT2D eigenvalue weighted by atomic mass is 16.5. The van der Waals surface area contributed by atoms with Crippen LogP contribution in [0.3, 0.4) is 0 Å². The first kappa shape index (κ1) is 88.6. The van der Waals surface area contributed by atoms with E-state index in [1.807, 2.05) is 277 Å². The van der Waals surface area contributed by atoms with Crippen molar-refractivity contribution in [2.24, 2.45) is 17.8 Å². The molecule has 3 aliphatic rings. The monoisotopic (exact) mass is 1660 g/mol. The molecule has 10 aromatic carbocycles. The Morgan fingerprint density at radius 2 is 0.496 bits per heavy atom. The van der Waals surface area contributed by atoms with Crippen LogP contribution >= 0.6 is 0 Å². The lowest BCUT2D eigenvalue weighted by atomic mass is 9.85. The van der Waals surface area contributed by atoms with Crippen LogP contribution in [-0.2, 0) is 98.6 Å². The molecule has 3 fully saturated rings. The molecule has 0 N–H and O–H groups in total. The maximum absolute atomic E-state index is 13.3. The zero-order valence-electron chi connectivity index (χ0n) is 72.8. The second kappa shape index (κ2) is 46.1. The Balaban J connectivity index is 0.000000153. The summed E-state index contributed by atoms with van der Waals surface area (Å²) in [6, 6.07) is 88.0. The fourth-order valence-corrected chi connectivity index (χ4v) is 16.5. The maximum atomic E-state index is 13.3. The van der Waals surface area contributed by atoms with E-state index in [4.69, 9.17) is 58.3 Å². The molecule has 0 saturated heterocycles. The molecule has 0 atom stereocenters. The van der Waals surface area contributed by atoms with Crippen LogP contribution in [0.15, 0.2) is 286 Å². The minimum Gasteiger partial charge on any atom is -0.491 e. The van der Waals surface area contributed by atoms with Gasteiger partial charge in [0.05, 0.1) is 101 Å². The number of Topliss-reactive ketones (excluding diaryl/α,β-unsaturated/α-hetero) is 3. The van der Waals surface area contributed by atoms with Gasteiger partial charge < -0.3 is 28.4 Å². The summed E-state index contributed by atoms with van der Waals surface area (Å²) in [5, 5.41) is 0. The van der Waals surface area contributed by atoms with Gasteiger partial charge in [-0.1, -0.05) is 241 Å². The number of hydrogen-bond acceptors (Lipinski definition) is 15. The van der Waals surface area contributed by atoms with E-state index in [1.54, 1.807) is 12.4 Å². The van der Waals surface area contributed by atoms with E-state index in [-0.39, 0.29) is 42.4 Å². The molecule has 0 radical (unpaired) electrons. The third-order valence-electron chi connectivity index (χ3n) is 23.2. The molecular formula is C110H116N6O9. The number of carbonyl (C=O) groups is 3. The number of nitrogens with zero attached hydrogens (tertiary/aromatic N) is 6. The Bertz CT molecular complexity index is 5490. The van der Waals surface area contributed by atoms with Crippen LogP contribution in [0.4, 0.5) is 0 Å². The van der Waals surface area contributed by atoms with Crippen LogP contribution in [0.1, 0.15) is 184 Å². The summed E-state index contributed by atoms with van der Waals surface area (Å²) in [5.74, 6) is 7.13. The lowest BCUT2D eigenvalue weighted by molar-refractivity contribution is -0.118. The zero-order valence-corrected chi connectivity index (χ0v) is 72.8.